The van der Waals surface area contributed by atoms with Crippen LogP contribution < -0.4 is 5.73 Å². The van der Waals surface area contributed by atoms with Gasteiger partial charge in [-0.05, 0) is 18.3 Å². The Bertz CT molecular complexity index is 483. The number of amides is 1. The molecule has 24 heavy (non-hydrogen) atoms. The van der Waals surface area contributed by atoms with Crippen molar-refractivity contribution in [1.82, 2.24) is 4.90 Å². The van der Waals surface area contributed by atoms with Crippen LogP contribution in [0.2, 0.25) is 0 Å². The van der Waals surface area contributed by atoms with E-state index >= 15 is 0 Å². The van der Waals surface area contributed by atoms with Crippen LogP contribution in [0.3, 0.4) is 0 Å². The van der Waals surface area contributed by atoms with Crippen LogP contribution in [0.1, 0.15) is 46.0 Å². The number of methoxy groups -OCH3 is 1. The number of nitrogens with two attached hydrogens (primary N) is 1. The van der Waals surface area contributed by atoms with Crippen molar-refractivity contribution in [2.45, 2.75) is 64.1 Å². The van der Waals surface area contributed by atoms with E-state index < -0.39 is 36.4 Å². The van der Waals surface area contributed by atoms with Gasteiger partial charge >= 0.3 is 11.9 Å². The molecule has 0 aromatic carbocycles. The lowest BCUT2D eigenvalue weighted by molar-refractivity contribution is -0.158. The molecule has 0 aliphatic heterocycles. The number of carboxylic acid groups (broad SMARTS) is 1. The maximum Gasteiger partial charge on any atom is 0.329 e. The number of rotatable bonds is 7. The Hall–Kier alpha value is -1.28. The van der Waals surface area contributed by atoms with Crippen molar-refractivity contribution in [3.8, 4) is 0 Å². The van der Waals surface area contributed by atoms with Crippen molar-refractivity contribution < 1.29 is 24.2 Å². The lowest BCUT2D eigenvalue weighted by Gasteiger charge is -2.48. The number of hydrogen-bond acceptors (Lipinski definition) is 6. The van der Waals surface area contributed by atoms with Crippen molar-refractivity contribution in [1.29, 1.82) is 0 Å². The van der Waals surface area contributed by atoms with Gasteiger partial charge in [0.05, 0.1) is 19.6 Å². The van der Waals surface area contributed by atoms with Gasteiger partial charge in [-0.25, -0.2) is 4.79 Å². The van der Waals surface area contributed by atoms with Crippen LogP contribution in [0.25, 0.3) is 0 Å². The molecule has 1 unspecified atom stereocenters. The van der Waals surface area contributed by atoms with Crippen LogP contribution in [0.15, 0.2) is 0 Å². The normalized spacial score (nSPS) is 22.3. The molecule has 0 saturated heterocycles. The molecular weight excluding hydrogens is 332 g/mol. The van der Waals surface area contributed by atoms with Crippen molar-refractivity contribution in [3.63, 3.8) is 0 Å². The summed E-state index contributed by atoms with van der Waals surface area (Å²) in [7, 11) is 1.25. The third kappa shape index (κ3) is 4.86. The van der Waals surface area contributed by atoms with Crippen molar-refractivity contribution >= 4 is 30.5 Å². The maximum absolute atomic E-state index is 12.9. The maximum atomic E-state index is 12.9. The van der Waals surface area contributed by atoms with E-state index in [0.717, 1.165) is 25.7 Å². The van der Waals surface area contributed by atoms with E-state index in [1.165, 1.54) is 12.0 Å². The molecule has 8 heteroatoms. The molecule has 1 saturated carbocycles. The molecule has 1 aliphatic rings. The molecule has 3 N–H and O–H groups in total. The summed E-state index contributed by atoms with van der Waals surface area (Å²) in [6.07, 6.45) is 3.15. The zero-order chi connectivity index (χ0) is 18.5. The van der Waals surface area contributed by atoms with Gasteiger partial charge in [0.25, 0.3) is 0 Å². The van der Waals surface area contributed by atoms with Crippen molar-refractivity contribution in [2.75, 3.05) is 12.9 Å². The van der Waals surface area contributed by atoms with Crippen LogP contribution in [0.4, 0.5) is 0 Å². The van der Waals surface area contributed by atoms with Gasteiger partial charge in [0.1, 0.15) is 6.04 Å². The molecule has 1 amide bonds. The zero-order valence-electron chi connectivity index (χ0n) is 14.5. The quantitative estimate of drug-likeness (QED) is 0.462. The molecule has 0 spiro atoms. The molecule has 1 aliphatic carbocycles. The fourth-order valence-electron chi connectivity index (χ4n) is 3.39. The number of ether oxygens (including phenoxy) is 1. The average Bonchev–Trinajstić information content (AvgIpc) is 2.50. The summed E-state index contributed by atoms with van der Waals surface area (Å²) < 4.78 is 4.82. The summed E-state index contributed by atoms with van der Waals surface area (Å²) in [5.74, 6) is -2.17. The molecule has 0 aromatic heterocycles. The third-order valence-corrected chi connectivity index (χ3v) is 5.08. The van der Waals surface area contributed by atoms with E-state index in [-0.39, 0.29) is 17.2 Å². The van der Waals surface area contributed by atoms with E-state index in [4.69, 9.17) is 15.6 Å². The first-order valence-corrected chi connectivity index (χ1v) is 8.77. The molecule has 3 atom stereocenters. The minimum atomic E-state index is -1.20. The highest BCUT2D eigenvalue weighted by Gasteiger charge is 2.44. The molecule has 138 valence electrons. The van der Waals surface area contributed by atoms with Gasteiger partial charge in [-0.1, -0.05) is 26.7 Å². The topological polar surface area (TPSA) is 110 Å². The van der Waals surface area contributed by atoms with Crippen LogP contribution in [0, 0.1) is 5.41 Å². The monoisotopic (exact) mass is 360 g/mol. The molecule has 0 heterocycles. The number of thiol groups is 1. The first-order chi connectivity index (χ1) is 11.2. The number of aliphatic carboxylic acids is 1. The zero-order valence-corrected chi connectivity index (χ0v) is 15.4. The molecule has 0 aromatic rings. The minimum absolute atomic E-state index is 0.0881. The van der Waals surface area contributed by atoms with E-state index in [0.29, 0.717) is 0 Å². The second kappa shape index (κ2) is 8.71. The van der Waals surface area contributed by atoms with Gasteiger partial charge in [-0.15, -0.1) is 0 Å². The molecule has 7 nitrogen and oxygen atoms in total. The first-order valence-electron chi connectivity index (χ1n) is 8.14. The summed E-state index contributed by atoms with van der Waals surface area (Å²) in [6.45, 7) is 4.10. The SMILES string of the molecule is COC(=O)[C@@H](CS)N(C(=O)[C@@H](N)CC(=O)O)C1CCCCC1(C)C. The predicted octanol–water partition coefficient (Wildman–Crippen LogP) is 1.06. The summed E-state index contributed by atoms with van der Waals surface area (Å²) in [5.41, 5.74) is 5.60. The van der Waals surface area contributed by atoms with Gasteiger partial charge in [0.15, 0.2) is 0 Å². The van der Waals surface area contributed by atoms with Gasteiger partial charge in [0.2, 0.25) is 5.91 Å². The summed E-state index contributed by atoms with van der Waals surface area (Å²) in [4.78, 5) is 37.4. The highest BCUT2D eigenvalue weighted by Crippen LogP contribution is 2.40. The number of esters is 1. The van der Waals surface area contributed by atoms with Gasteiger partial charge < -0.3 is 20.5 Å². The Labute approximate surface area is 148 Å². The number of carbonyl (C=O) groups is 3. The van der Waals surface area contributed by atoms with Gasteiger partial charge in [0, 0.05) is 11.8 Å². The first kappa shape index (κ1) is 20.8. The second-order valence-corrected chi connectivity index (χ2v) is 7.29. The van der Waals surface area contributed by atoms with Crippen LogP contribution >= 0.6 is 12.6 Å². The molecular formula is C16H28N2O5S. The fraction of sp³-hybridized carbons (Fsp3) is 0.812. The highest BCUT2D eigenvalue weighted by atomic mass is 32.1. The van der Waals surface area contributed by atoms with Crippen LogP contribution in [-0.2, 0) is 19.1 Å². The summed E-state index contributed by atoms with van der Waals surface area (Å²) in [5, 5.41) is 8.92. The van der Waals surface area contributed by atoms with E-state index in [1.807, 2.05) is 13.8 Å². The Balaban J connectivity index is 3.21. The number of carboxylic acids is 1. The Morgan fingerprint density at radius 2 is 2.00 bits per heavy atom. The largest absolute Gasteiger partial charge is 0.481 e. The average molecular weight is 360 g/mol. The molecule has 0 bridgehead atoms. The third-order valence-electron chi connectivity index (χ3n) is 4.73. The Kier molecular flexibility index (Phi) is 7.54. The van der Waals surface area contributed by atoms with E-state index in [2.05, 4.69) is 12.6 Å². The number of hydrogen-bond donors (Lipinski definition) is 3. The Morgan fingerprint density at radius 1 is 1.38 bits per heavy atom. The number of nitrogens with zero attached hydrogens (tertiary/aromatic N) is 1. The molecule has 1 rings (SSSR count). The van der Waals surface area contributed by atoms with E-state index in [9.17, 15) is 14.4 Å². The number of carbonyl (C=O) groups excluding carboxylic acids is 2. The van der Waals surface area contributed by atoms with Gasteiger partial charge in [-0.3, -0.25) is 9.59 Å². The lowest BCUT2D eigenvalue weighted by Crippen LogP contribution is -2.61. The van der Waals surface area contributed by atoms with Crippen molar-refractivity contribution in [2.24, 2.45) is 11.1 Å². The second-order valence-electron chi connectivity index (χ2n) is 6.92. The summed E-state index contributed by atoms with van der Waals surface area (Å²) in [6, 6.07) is -2.30. The van der Waals surface area contributed by atoms with Crippen molar-refractivity contribution in [3.05, 3.63) is 0 Å². The van der Waals surface area contributed by atoms with Crippen LogP contribution in [0.5, 0.6) is 0 Å². The molecule has 0 radical (unpaired) electrons. The fourth-order valence-corrected chi connectivity index (χ4v) is 3.72. The van der Waals surface area contributed by atoms with Crippen LogP contribution in [-0.4, -0.2) is 58.8 Å². The van der Waals surface area contributed by atoms with Gasteiger partial charge in [-0.2, -0.15) is 12.6 Å². The van der Waals surface area contributed by atoms with E-state index in [1.54, 1.807) is 0 Å². The Morgan fingerprint density at radius 3 is 2.46 bits per heavy atom. The highest BCUT2D eigenvalue weighted by molar-refractivity contribution is 7.80. The lowest BCUT2D eigenvalue weighted by atomic mass is 9.72. The smallest absolute Gasteiger partial charge is 0.329 e. The standard InChI is InChI=1S/C16H28N2O5S/c1-16(2)7-5-4-6-12(16)18(11(9-24)15(22)23-3)14(21)10(17)8-13(19)20/h10-12,24H,4-9,17H2,1-3H3,(H,19,20)/t10-,11+,12?/m0/s1. The minimum Gasteiger partial charge on any atom is -0.481 e. The predicted molar refractivity (Wildman–Crippen MR) is 92.8 cm³/mol. The summed E-state index contributed by atoms with van der Waals surface area (Å²) >= 11 is 4.21. The molecule has 1 fully saturated rings.